The topological polar surface area (TPSA) is 128 Å². The van der Waals surface area contributed by atoms with Crippen molar-refractivity contribution >= 4 is 23.5 Å². The summed E-state index contributed by atoms with van der Waals surface area (Å²) in [5.41, 5.74) is 4.43. The van der Waals surface area contributed by atoms with Crippen molar-refractivity contribution in [2.75, 3.05) is 18.1 Å². The van der Waals surface area contributed by atoms with Gasteiger partial charge in [0, 0.05) is 5.75 Å². The molecule has 1 saturated heterocycles. The van der Waals surface area contributed by atoms with Crippen LogP contribution in [0.3, 0.4) is 0 Å². The predicted octanol–water partition coefficient (Wildman–Crippen LogP) is 0.930. The fourth-order valence-corrected chi connectivity index (χ4v) is 2.86. The number of nitrogens with two attached hydrogens (primary N) is 1. The molecule has 10 heteroatoms. The quantitative estimate of drug-likeness (QED) is 0.729. The summed E-state index contributed by atoms with van der Waals surface area (Å²) in [4.78, 5) is 25.0. The smallest absolute Gasteiger partial charge is 0.351 e. The molecule has 2 heterocycles. The molecule has 1 aliphatic heterocycles. The molecule has 2 atom stereocenters. The number of nitrogens with zero attached hydrogens (tertiary/aromatic N) is 2. The SMILES string of the molecule is Nc1nc(=O)n([C@@H]2CS[C@H](CO)O2)cc1F.O=C(O)c1ccccc1. The van der Waals surface area contributed by atoms with Gasteiger partial charge in [-0.15, -0.1) is 11.8 Å². The third-order valence-corrected chi connectivity index (χ3v) is 4.26. The average Bonchev–Trinajstić information content (AvgIpc) is 3.08. The van der Waals surface area contributed by atoms with Crippen LogP contribution >= 0.6 is 11.8 Å². The van der Waals surface area contributed by atoms with E-state index in [2.05, 4.69) is 4.98 Å². The minimum Gasteiger partial charge on any atom is -0.478 e. The van der Waals surface area contributed by atoms with Gasteiger partial charge in [0.2, 0.25) is 0 Å². The highest BCUT2D eigenvalue weighted by molar-refractivity contribution is 8.00. The number of hydrogen-bond donors (Lipinski definition) is 3. The lowest BCUT2D eigenvalue weighted by atomic mass is 10.2. The highest BCUT2D eigenvalue weighted by Crippen LogP contribution is 2.30. The molecule has 8 nitrogen and oxygen atoms in total. The number of carbonyl (C=O) groups is 1. The van der Waals surface area contributed by atoms with Gasteiger partial charge in [0.1, 0.15) is 11.7 Å². The number of aromatic nitrogens is 2. The van der Waals surface area contributed by atoms with Crippen LogP contribution in [-0.4, -0.2) is 43.5 Å². The number of aliphatic hydroxyl groups is 1. The predicted molar refractivity (Wildman–Crippen MR) is 89.7 cm³/mol. The molecule has 25 heavy (non-hydrogen) atoms. The summed E-state index contributed by atoms with van der Waals surface area (Å²) in [6, 6.07) is 8.30. The largest absolute Gasteiger partial charge is 0.478 e. The van der Waals surface area contributed by atoms with Crippen molar-refractivity contribution in [3.05, 3.63) is 58.4 Å². The van der Waals surface area contributed by atoms with Gasteiger partial charge in [-0.05, 0) is 12.1 Å². The molecule has 134 valence electrons. The first-order valence-corrected chi connectivity index (χ1v) is 8.17. The van der Waals surface area contributed by atoms with Gasteiger partial charge < -0.3 is 20.7 Å². The lowest BCUT2D eigenvalue weighted by molar-refractivity contribution is -0.00677. The van der Waals surface area contributed by atoms with Gasteiger partial charge in [-0.2, -0.15) is 4.98 Å². The van der Waals surface area contributed by atoms with Gasteiger partial charge in [-0.1, -0.05) is 18.2 Å². The van der Waals surface area contributed by atoms with Gasteiger partial charge in [0.05, 0.1) is 18.4 Å². The molecule has 1 aromatic heterocycles. The Balaban J connectivity index is 0.000000212. The van der Waals surface area contributed by atoms with Crippen molar-refractivity contribution < 1.29 is 24.1 Å². The van der Waals surface area contributed by atoms with Gasteiger partial charge in [0.25, 0.3) is 0 Å². The summed E-state index contributed by atoms with van der Waals surface area (Å²) in [5.74, 6) is -1.61. The van der Waals surface area contributed by atoms with E-state index < -0.39 is 35.0 Å². The van der Waals surface area contributed by atoms with Crippen LogP contribution in [0.15, 0.2) is 41.3 Å². The van der Waals surface area contributed by atoms with E-state index in [4.69, 9.17) is 20.7 Å². The zero-order valence-corrected chi connectivity index (χ0v) is 13.7. The van der Waals surface area contributed by atoms with Crippen LogP contribution in [0.1, 0.15) is 16.6 Å². The van der Waals surface area contributed by atoms with Crippen LogP contribution in [0.25, 0.3) is 0 Å². The number of carboxylic acid groups (broad SMARTS) is 1. The van der Waals surface area contributed by atoms with Crippen LogP contribution in [0, 0.1) is 5.82 Å². The molecular formula is C15H16FN3O5S. The van der Waals surface area contributed by atoms with Crippen LogP contribution in [0.2, 0.25) is 0 Å². The Morgan fingerprint density at radius 1 is 1.44 bits per heavy atom. The summed E-state index contributed by atoms with van der Waals surface area (Å²) in [6.07, 6.45) is 0.354. The van der Waals surface area contributed by atoms with Crippen molar-refractivity contribution in [2.45, 2.75) is 11.7 Å². The molecule has 0 unspecified atom stereocenters. The Hall–Kier alpha value is -2.43. The molecule has 1 fully saturated rings. The highest BCUT2D eigenvalue weighted by Gasteiger charge is 2.28. The third kappa shape index (κ3) is 5.02. The van der Waals surface area contributed by atoms with Crippen LogP contribution < -0.4 is 11.4 Å². The number of benzene rings is 1. The first-order chi connectivity index (χ1) is 11.9. The Labute approximate surface area is 146 Å². The number of anilines is 1. The van der Waals surface area contributed by atoms with Gasteiger partial charge in [0.15, 0.2) is 11.6 Å². The summed E-state index contributed by atoms with van der Waals surface area (Å²) in [5, 5.41) is 17.2. The zero-order chi connectivity index (χ0) is 18.4. The fourth-order valence-electron chi connectivity index (χ4n) is 1.93. The molecule has 1 aliphatic rings. The van der Waals surface area contributed by atoms with E-state index in [0.717, 1.165) is 10.8 Å². The third-order valence-electron chi connectivity index (χ3n) is 3.15. The first kappa shape index (κ1) is 18.9. The van der Waals surface area contributed by atoms with Gasteiger partial charge >= 0.3 is 11.7 Å². The van der Waals surface area contributed by atoms with E-state index in [0.29, 0.717) is 11.3 Å². The van der Waals surface area contributed by atoms with E-state index >= 15 is 0 Å². The molecule has 0 aliphatic carbocycles. The molecule has 0 amide bonds. The van der Waals surface area contributed by atoms with Crippen molar-refractivity contribution in [3.63, 3.8) is 0 Å². The monoisotopic (exact) mass is 369 g/mol. The minimum absolute atomic E-state index is 0.152. The number of hydrogen-bond acceptors (Lipinski definition) is 7. The van der Waals surface area contributed by atoms with Crippen molar-refractivity contribution in [1.82, 2.24) is 9.55 Å². The molecule has 0 radical (unpaired) electrons. The molecule has 3 rings (SSSR count). The zero-order valence-electron chi connectivity index (χ0n) is 12.9. The lowest BCUT2D eigenvalue weighted by Gasteiger charge is -2.13. The number of rotatable bonds is 3. The summed E-state index contributed by atoms with van der Waals surface area (Å²) < 4.78 is 19.5. The molecular weight excluding hydrogens is 353 g/mol. The maximum Gasteiger partial charge on any atom is 0.351 e. The normalized spacial score (nSPS) is 19.1. The Bertz CT molecular complexity index is 786. The standard InChI is InChI=1S/C8H10FN3O3S.C7H6O2/c9-4-1-12(8(14)11-7(4)10)5-3-16-6(2-13)15-5;8-7(9)6-4-2-1-3-5-6/h1,5-6,13H,2-3H2,(H2,10,11,14);1-5H,(H,8,9)/t5-,6+;/m0./s1. The van der Waals surface area contributed by atoms with E-state index in [1.54, 1.807) is 30.3 Å². The Kier molecular flexibility index (Phi) is 6.51. The molecule has 0 bridgehead atoms. The average molecular weight is 369 g/mol. The van der Waals surface area contributed by atoms with Crippen molar-refractivity contribution in [3.8, 4) is 0 Å². The number of aromatic carboxylic acids is 1. The van der Waals surface area contributed by atoms with Crippen LogP contribution in [-0.2, 0) is 4.74 Å². The second-order valence-corrected chi connectivity index (χ2v) is 6.06. The molecule has 1 aromatic carbocycles. The second kappa shape index (κ2) is 8.60. The second-order valence-electron chi connectivity index (χ2n) is 4.87. The van der Waals surface area contributed by atoms with E-state index in [1.807, 2.05) is 0 Å². The number of halogens is 1. The van der Waals surface area contributed by atoms with E-state index in [-0.39, 0.29) is 6.61 Å². The molecule has 2 aromatic rings. The maximum absolute atomic E-state index is 13.1. The van der Waals surface area contributed by atoms with Crippen molar-refractivity contribution in [2.24, 2.45) is 0 Å². The van der Waals surface area contributed by atoms with E-state index in [1.165, 1.54) is 11.8 Å². The number of aliphatic hydroxyl groups excluding tert-OH is 1. The van der Waals surface area contributed by atoms with E-state index in [9.17, 15) is 14.0 Å². The number of thioether (sulfide) groups is 1. The Morgan fingerprint density at radius 3 is 2.64 bits per heavy atom. The number of ether oxygens (including phenoxy) is 1. The summed E-state index contributed by atoms with van der Waals surface area (Å²) >= 11 is 1.35. The van der Waals surface area contributed by atoms with Crippen LogP contribution in [0.4, 0.5) is 10.2 Å². The molecule has 0 saturated carbocycles. The number of nitrogen functional groups attached to an aromatic ring is 1. The van der Waals surface area contributed by atoms with Gasteiger partial charge in [-0.3, -0.25) is 4.57 Å². The maximum atomic E-state index is 13.1. The lowest BCUT2D eigenvalue weighted by Crippen LogP contribution is -2.29. The molecule has 0 spiro atoms. The minimum atomic E-state index is -0.879. The summed E-state index contributed by atoms with van der Waals surface area (Å²) in [7, 11) is 0. The number of carboxylic acids is 1. The first-order valence-electron chi connectivity index (χ1n) is 7.12. The summed E-state index contributed by atoms with van der Waals surface area (Å²) in [6.45, 7) is -0.152. The fraction of sp³-hybridized carbons (Fsp3) is 0.267. The van der Waals surface area contributed by atoms with Crippen LogP contribution in [0.5, 0.6) is 0 Å². The molecule has 4 N–H and O–H groups in total. The Morgan fingerprint density at radius 2 is 2.12 bits per heavy atom. The van der Waals surface area contributed by atoms with Crippen molar-refractivity contribution in [1.29, 1.82) is 0 Å². The van der Waals surface area contributed by atoms with Gasteiger partial charge in [-0.25, -0.2) is 14.0 Å². The highest BCUT2D eigenvalue weighted by atomic mass is 32.2.